The van der Waals surface area contributed by atoms with Gasteiger partial charge in [0.05, 0.1) is 10.6 Å². The Bertz CT molecular complexity index is 1340. The fraction of sp³-hybridized carbons (Fsp3) is 0.174. The predicted octanol–water partition coefficient (Wildman–Crippen LogP) is 4.79. The Labute approximate surface area is 195 Å². The van der Waals surface area contributed by atoms with Crippen molar-refractivity contribution in [2.75, 3.05) is 10.0 Å². The number of thiophene rings is 1. The number of nitrogens with zero attached hydrogens (tertiary/aromatic N) is 2. The number of para-hydroxylation sites is 1. The Hall–Kier alpha value is -3.50. The summed E-state index contributed by atoms with van der Waals surface area (Å²) in [7, 11) is -3.76. The molecule has 2 aromatic carbocycles. The van der Waals surface area contributed by atoms with Gasteiger partial charge in [-0.2, -0.15) is 16.3 Å². The highest BCUT2D eigenvalue weighted by molar-refractivity contribution is 7.92. The molecule has 0 aliphatic rings. The third-order valence-electron chi connectivity index (χ3n) is 4.98. The van der Waals surface area contributed by atoms with E-state index in [0.717, 1.165) is 16.7 Å². The summed E-state index contributed by atoms with van der Waals surface area (Å²) < 4.78 is 33.4. The van der Waals surface area contributed by atoms with Crippen molar-refractivity contribution in [1.82, 2.24) is 10.1 Å². The number of amides is 1. The lowest BCUT2D eigenvalue weighted by atomic mass is 10.1. The molecule has 0 aliphatic carbocycles. The monoisotopic (exact) mass is 482 g/mol. The fourth-order valence-corrected chi connectivity index (χ4v) is 5.03. The van der Waals surface area contributed by atoms with Crippen LogP contribution < -0.4 is 10.0 Å². The van der Waals surface area contributed by atoms with Crippen LogP contribution in [0.1, 0.15) is 23.4 Å². The van der Waals surface area contributed by atoms with E-state index in [1.807, 2.05) is 48.9 Å². The zero-order chi connectivity index (χ0) is 23.4. The maximum absolute atomic E-state index is 12.8. The summed E-state index contributed by atoms with van der Waals surface area (Å²) in [6.45, 7) is 3.70. The highest BCUT2D eigenvalue weighted by atomic mass is 32.2. The molecular formula is C23H22N4O4S2. The van der Waals surface area contributed by atoms with Gasteiger partial charge in [0.15, 0.2) is 0 Å². The second-order valence-electron chi connectivity index (χ2n) is 7.47. The Balaban J connectivity index is 1.35. The van der Waals surface area contributed by atoms with Crippen LogP contribution >= 0.6 is 11.3 Å². The number of hydrogen-bond donors (Lipinski definition) is 2. The van der Waals surface area contributed by atoms with Gasteiger partial charge in [-0.3, -0.25) is 9.52 Å². The van der Waals surface area contributed by atoms with Gasteiger partial charge in [0.1, 0.15) is 0 Å². The minimum atomic E-state index is -3.76. The Kier molecular flexibility index (Phi) is 6.57. The summed E-state index contributed by atoms with van der Waals surface area (Å²) in [4.78, 5) is 16.7. The smallest absolute Gasteiger partial charge is 0.261 e. The van der Waals surface area contributed by atoms with Gasteiger partial charge in [0.25, 0.3) is 10.0 Å². The first-order valence-corrected chi connectivity index (χ1v) is 12.6. The Morgan fingerprint density at radius 1 is 1.06 bits per heavy atom. The lowest BCUT2D eigenvalue weighted by molar-refractivity contribution is -0.116. The van der Waals surface area contributed by atoms with Crippen molar-refractivity contribution in [2.45, 2.75) is 31.6 Å². The molecule has 0 bridgehead atoms. The molecule has 8 nitrogen and oxygen atoms in total. The third-order valence-corrected chi connectivity index (χ3v) is 7.03. The quantitative estimate of drug-likeness (QED) is 0.373. The first-order chi connectivity index (χ1) is 15.8. The predicted molar refractivity (Wildman–Crippen MR) is 128 cm³/mol. The molecule has 4 rings (SSSR count). The Morgan fingerprint density at radius 2 is 1.79 bits per heavy atom. The summed E-state index contributed by atoms with van der Waals surface area (Å²) in [5, 5.41) is 10.5. The number of benzene rings is 2. The number of hydrogen-bond acceptors (Lipinski definition) is 7. The van der Waals surface area contributed by atoms with Crippen LogP contribution in [0.3, 0.4) is 0 Å². The van der Waals surface area contributed by atoms with Crippen LogP contribution in [-0.4, -0.2) is 24.5 Å². The Morgan fingerprint density at radius 3 is 2.45 bits per heavy atom. The second kappa shape index (κ2) is 9.55. The van der Waals surface area contributed by atoms with E-state index in [2.05, 4.69) is 20.2 Å². The van der Waals surface area contributed by atoms with E-state index in [1.54, 1.807) is 12.1 Å². The molecule has 2 aromatic heterocycles. The van der Waals surface area contributed by atoms with Crippen LogP contribution in [0.2, 0.25) is 0 Å². The standard InChI is InChI=1S/C23H22N4O4S2/c1-15-4-3-5-16(2)22(15)27-33(29,30)19-8-6-18(7-9-19)24-20(28)10-11-21-25-23(26-31-21)17-12-13-32-14-17/h3-9,12-14,27H,10-11H2,1-2H3,(H,24,28). The molecule has 33 heavy (non-hydrogen) atoms. The molecule has 0 atom stereocenters. The fourth-order valence-electron chi connectivity index (χ4n) is 3.20. The first kappa shape index (κ1) is 22.7. The zero-order valence-corrected chi connectivity index (χ0v) is 19.7. The molecule has 0 spiro atoms. The highest BCUT2D eigenvalue weighted by Gasteiger charge is 2.17. The van der Waals surface area contributed by atoms with Gasteiger partial charge >= 0.3 is 0 Å². The largest absolute Gasteiger partial charge is 0.339 e. The molecule has 0 unspecified atom stereocenters. The normalized spacial score (nSPS) is 11.3. The maximum Gasteiger partial charge on any atom is 0.261 e. The number of aryl methyl sites for hydroxylation is 3. The van der Waals surface area contributed by atoms with Gasteiger partial charge < -0.3 is 9.84 Å². The number of aromatic nitrogens is 2. The molecule has 10 heteroatoms. The van der Waals surface area contributed by atoms with Crippen molar-refractivity contribution in [3.63, 3.8) is 0 Å². The molecule has 1 amide bonds. The number of nitrogens with one attached hydrogen (secondary N) is 2. The second-order valence-corrected chi connectivity index (χ2v) is 9.93. The van der Waals surface area contributed by atoms with Crippen LogP contribution in [0, 0.1) is 13.8 Å². The lowest BCUT2D eigenvalue weighted by Crippen LogP contribution is -2.15. The van der Waals surface area contributed by atoms with Gasteiger partial charge in [-0.05, 0) is 60.7 Å². The molecule has 0 radical (unpaired) electrons. The molecule has 0 aliphatic heterocycles. The van der Waals surface area contributed by atoms with E-state index < -0.39 is 10.0 Å². The van der Waals surface area contributed by atoms with Gasteiger partial charge in [-0.25, -0.2) is 8.42 Å². The van der Waals surface area contributed by atoms with Gasteiger partial charge in [-0.1, -0.05) is 23.4 Å². The van der Waals surface area contributed by atoms with Crippen LogP contribution in [-0.2, 0) is 21.2 Å². The summed E-state index contributed by atoms with van der Waals surface area (Å²) in [6.07, 6.45) is 0.453. The van der Waals surface area contributed by atoms with E-state index >= 15 is 0 Å². The molecule has 4 aromatic rings. The molecule has 170 valence electrons. The summed E-state index contributed by atoms with van der Waals surface area (Å²) in [5.74, 6) is 0.637. The topological polar surface area (TPSA) is 114 Å². The molecule has 2 N–H and O–H groups in total. The molecule has 0 saturated heterocycles. The maximum atomic E-state index is 12.8. The number of anilines is 2. The SMILES string of the molecule is Cc1cccc(C)c1NS(=O)(=O)c1ccc(NC(=O)CCc2nc(-c3ccsc3)no2)cc1. The van der Waals surface area contributed by atoms with Crippen molar-refractivity contribution in [3.8, 4) is 11.4 Å². The van der Waals surface area contributed by atoms with Crippen molar-refractivity contribution < 1.29 is 17.7 Å². The molecule has 2 heterocycles. The van der Waals surface area contributed by atoms with E-state index in [1.165, 1.54) is 23.5 Å². The number of carbonyl (C=O) groups is 1. The molecular weight excluding hydrogens is 460 g/mol. The third kappa shape index (κ3) is 5.47. The van der Waals surface area contributed by atoms with E-state index in [9.17, 15) is 13.2 Å². The average Bonchev–Trinajstić information content (AvgIpc) is 3.47. The van der Waals surface area contributed by atoms with Crippen molar-refractivity contribution in [1.29, 1.82) is 0 Å². The van der Waals surface area contributed by atoms with Crippen LogP contribution in [0.15, 0.2) is 68.7 Å². The summed E-state index contributed by atoms with van der Waals surface area (Å²) in [5.41, 5.74) is 3.62. The first-order valence-electron chi connectivity index (χ1n) is 10.2. The minimum absolute atomic E-state index is 0.106. The van der Waals surface area contributed by atoms with Gasteiger partial charge in [-0.15, -0.1) is 0 Å². The molecule has 0 fully saturated rings. The van der Waals surface area contributed by atoms with Crippen molar-refractivity contribution in [2.24, 2.45) is 0 Å². The number of sulfonamides is 1. The van der Waals surface area contributed by atoms with Crippen LogP contribution in [0.4, 0.5) is 11.4 Å². The van der Waals surface area contributed by atoms with E-state index in [-0.39, 0.29) is 17.2 Å². The zero-order valence-electron chi connectivity index (χ0n) is 18.0. The number of rotatable bonds is 8. The summed E-state index contributed by atoms with van der Waals surface area (Å²) in [6, 6.07) is 13.5. The minimum Gasteiger partial charge on any atom is -0.339 e. The molecule has 0 saturated carbocycles. The highest BCUT2D eigenvalue weighted by Crippen LogP contribution is 2.24. The van der Waals surface area contributed by atoms with Gasteiger partial charge in [0, 0.05) is 29.5 Å². The van der Waals surface area contributed by atoms with Gasteiger partial charge in [0.2, 0.25) is 17.6 Å². The average molecular weight is 483 g/mol. The summed E-state index contributed by atoms with van der Waals surface area (Å²) >= 11 is 1.54. The van der Waals surface area contributed by atoms with E-state index in [0.29, 0.717) is 29.5 Å². The van der Waals surface area contributed by atoms with E-state index in [4.69, 9.17) is 4.52 Å². The van der Waals surface area contributed by atoms with Crippen LogP contribution in [0.5, 0.6) is 0 Å². The van der Waals surface area contributed by atoms with Crippen LogP contribution in [0.25, 0.3) is 11.4 Å². The van der Waals surface area contributed by atoms with Crippen molar-refractivity contribution >= 4 is 38.6 Å². The number of carbonyl (C=O) groups excluding carboxylic acids is 1. The van der Waals surface area contributed by atoms with Crippen molar-refractivity contribution in [3.05, 3.63) is 76.3 Å². The lowest BCUT2D eigenvalue weighted by Gasteiger charge is -2.13.